The predicted molar refractivity (Wildman–Crippen MR) is 103 cm³/mol. The molecule has 0 aliphatic heterocycles. The molecule has 0 aliphatic carbocycles. The first-order valence-corrected chi connectivity index (χ1v) is 8.52. The molecule has 2 aromatic carbocycles. The second-order valence-corrected chi connectivity index (χ2v) is 6.07. The van der Waals surface area contributed by atoms with E-state index in [2.05, 4.69) is 10.1 Å². The van der Waals surface area contributed by atoms with Gasteiger partial charge in [0.2, 0.25) is 5.82 Å². The molecule has 136 valence electrons. The van der Waals surface area contributed by atoms with Gasteiger partial charge in [0.1, 0.15) is 11.1 Å². The van der Waals surface area contributed by atoms with Gasteiger partial charge in [-0.15, -0.1) is 0 Å². The molecule has 0 radical (unpaired) electrons. The van der Waals surface area contributed by atoms with Crippen LogP contribution in [0.4, 0.5) is 0 Å². The molecule has 3 rings (SSSR count). The van der Waals surface area contributed by atoms with Crippen LogP contribution in [-0.4, -0.2) is 23.9 Å². The summed E-state index contributed by atoms with van der Waals surface area (Å²) in [5.41, 5.74) is 1.39. The minimum absolute atomic E-state index is 0.0703. The van der Waals surface area contributed by atoms with Crippen molar-refractivity contribution in [3.05, 3.63) is 58.9 Å². The van der Waals surface area contributed by atoms with Crippen LogP contribution in [0.25, 0.3) is 22.5 Å². The van der Waals surface area contributed by atoms with Crippen molar-refractivity contribution in [2.75, 3.05) is 13.7 Å². The van der Waals surface area contributed by atoms with E-state index < -0.39 is 0 Å². The molecule has 0 spiro atoms. The number of ether oxygens (including phenoxy) is 2. The first-order valence-electron chi connectivity index (χ1n) is 7.76. The number of hydrogen-bond acceptors (Lipinski definition) is 6. The van der Waals surface area contributed by atoms with E-state index in [1.165, 1.54) is 7.11 Å². The van der Waals surface area contributed by atoms with E-state index >= 15 is 0 Å². The lowest BCUT2D eigenvalue weighted by Gasteiger charge is -2.08. The fraction of sp³-hybridized carbons (Fsp3) is 0.105. The molecule has 0 atom stereocenters. The van der Waals surface area contributed by atoms with Crippen LogP contribution in [0, 0.1) is 11.3 Å². The number of rotatable bonds is 6. The standard InChI is InChI=1S/C19H13Cl2N3O3/c1-25-17-11-12(6-7-16(17)26-9-8-22)10-15(21)19-23-18(24-27-19)13-4-2-3-5-14(13)20/h2-7,10-11H,9H2,1H3/b15-10-. The Morgan fingerprint density at radius 2 is 2.07 bits per heavy atom. The third-order valence-corrected chi connectivity index (χ3v) is 4.12. The molecule has 0 N–H and O–H groups in total. The van der Waals surface area contributed by atoms with Crippen molar-refractivity contribution in [2.45, 2.75) is 0 Å². The quantitative estimate of drug-likeness (QED) is 0.575. The van der Waals surface area contributed by atoms with Gasteiger partial charge in [-0.25, -0.2) is 0 Å². The Kier molecular flexibility index (Phi) is 5.97. The van der Waals surface area contributed by atoms with Crippen LogP contribution in [0.15, 0.2) is 47.0 Å². The van der Waals surface area contributed by atoms with Crippen LogP contribution in [0.2, 0.25) is 5.02 Å². The van der Waals surface area contributed by atoms with E-state index in [4.69, 9.17) is 42.5 Å². The normalized spacial score (nSPS) is 11.1. The molecule has 0 saturated carbocycles. The molecule has 1 heterocycles. The van der Waals surface area contributed by atoms with E-state index in [9.17, 15) is 0 Å². The van der Waals surface area contributed by atoms with Crippen molar-refractivity contribution in [1.82, 2.24) is 10.1 Å². The smallest absolute Gasteiger partial charge is 0.269 e. The Bertz CT molecular complexity index is 1030. The van der Waals surface area contributed by atoms with Gasteiger partial charge < -0.3 is 14.0 Å². The summed E-state index contributed by atoms with van der Waals surface area (Å²) in [6, 6.07) is 14.3. The predicted octanol–water partition coefficient (Wildman–Crippen LogP) is 5.04. The van der Waals surface area contributed by atoms with Crippen molar-refractivity contribution < 1.29 is 14.0 Å². The van der Waals surface area contributed by atoms with Crippen LogP contribution in [0.3, 0.4) is 0 Å². The Morgan fingerprint density at radius 3 is 2.81 bits per heavy atom. The maximum atomic E-state index is 8.62. The van der Waals surface area contributed by atoms with Gasteiger partial charge in [-0.2, -0.15) is 10.2 Å². The molecule has 0 saturated heterocycles. The zero-order valence-corrected chi connectivity index (χ0v) is 15.7. The second kappa shape index (κ2) is 8.58. The van der Waals surface area contributed by atoms with Crippen LogP contribution in [-0.2, 0) is 0 Å². The Hall–Kier alpha value is -3.01. The van der Waals surface area contributed by atoms with Gasteiger partial charge >= 0.3 is 0 Å². The van der Waals surface area contributed by atoms with Crippen LogP contribution in [0.1, 0.15) is 11.5 Å². The molecule has 0 unspecified atom stereocenters. The largest absolute Gasteiger partial charge is 0.493 e. The van der Waals surface area contributed by atoms with Crippen LogP contribution < -0.4 is 9.47 Å². The second-order valence-electron chi connectivity index (χ2n) is 5.25. The van der Waals surface area contributed by atoms with E-state index in [-0.39, 0.29) is 17.5 Å². The number of methoxy groups -OCH3 is 1. The van der Waals surface area contributed by atoms with Gasteiger partial charge in [0, 0.05) is 5.56 Å². The van der Waals surface area contributed by atoms with Gasteiger partial charge in [0.15, 0.2) is 18.1 Å². The monoisotopic (exact) mass is 401 g/mol. The summed E-state index contributed by atoms with van der Waals surface area (Å²) in [5, 5.41) is 13.3. The zero-order chi connectivity index (χ0) is 19.2. The van der Waals surface area contributed by atoms with Crippen molar-refractivity contribution in [1.29, 1.82) is 5.26 Å². The highest BCUT2D eigenvalue weighted by molar-refractivity contribution is 6.50. The highest BCUT2D eigenvalue weighted by Crippen LogP contribution is 2.31. The number of nitrogens with zero attached hydrogens (tertiary/aromatic N) is 3. The van der Waals surface area contributed by atoms with Gasteiger partial charge in [-0.3, -0.25) is 0 Å². The van der Waals surface area contributed by atoms with E-state index in [0.29, 0.717) is 27.9 Å². The number of hydrogen-bond donors (Lipinski definition) is 0. The highest BCUT2D eigenvalue weighted by Gasteiger charge is 2.14. The van der Waals surface area contributed by atoms with E-state index in [1.54, 1.807) is 36.4 Å². The average Bonchev–Trinajstić information content (AvgIpc) is 3.17. The fourth-order valence-electron chi connectivity index (χ4n) is 2.28. The number of halogens is 2. The summed E-state index contributed by atoms with van der Waals surface area (Å²) in [7, 11) is 1.51. The van der Waals surface area contributed by atoms with Crippen molar-refractivity contribution in [2.24, 2.45) is 0 Å². The third kappa shape index (κ3) is 4.40. The Morgan fingerprint density at radius 1 is 1.26 bits per heavy atom. The first kappa shape index (κ1) is 18.8. The molecule has 8 heteroatoms. The van der Waals surface area contributed by atoms with E-state index in [0.717, 1.165) is 5.56 Å². The van der Waals surface area contributed by atoms with Gasteiger partial charge in [-0.1, -0.05) is 46.6 Å². The summed E-state index contributed by atoms with van der Waals surface area (Å²) in [6.07, 6.45) is 1.65. The molecule has 3 aromatic rings. The Balaban J connectivity index is 1.86. The molecule has 27 heavy (non-hydrogen) atoms. The third-order valence-electron chi connectivity index (χ3n) is 3.52. The SMILES string of the molecule is COc1cc(/C=C(\Cl)c2nc(-c3ccccc3Cl)no2)ccc1OCC#N. The first-order chi connectivity index (χ1) is 13.1. The lowest BCUT2D eigenvalue weighted by atomic mass is 10.2. The molecular weight excluding hydrogens is 389 g/mol. The number of benzene rings is 2. The lowest BCUT2D eigenvalue weighted by molar-refractivity contribution is 0.329. The zero-order valence-electron chi connectivity index (χ0n) is 14.1. The maximum Gasteiger partial charge on any atom is 0.269 e. The van der Waals surface area contributed by atoms with Gasteiger partial charge in [0.05, 0.1) is 12.1 Å². The molecule has 6 nitrogen and oxygen atoms in total. The molecule has 1 aromatic heterocycles. The average molecular weight is 402 g/mol. The highest BCUT2D eigenvalue weighted by atomic mass is 35.5. The van der Waals surface area contributed by atoms with Crippen LogP contribution >= 0.6 is 23.2 Å². The lowest BCUT2D eigenvalue weighted by Crippen LogP contribution is -1.96. The van der Waals surface area contributed by atoms with Crippen LogP contribution in [0.5, 0.6) is 11.5 Å². The fourth-order valence-corrected chi connectivity index (χ4v) is 2.71. The summed E-state index contributed by atoms with van der Waals surface area (Å²) in [5.74, 6) is 1.45. The minimum Gasteiger partial charge on any atom is -0.493 e. The molecule has 0 aliphatic rings. The summed E-state index contributed by atoms with van der Waals surface area (Å²) in [4.78, 5) is 4.28. The molecular formula is C19H13Cl2N3O3. The van der Waals surface area contributed by atoms with Gasteiger partial charge in [-0.05, 0) is 35.9 Å². The molecule has 0 fully saturated rings. The minimum atomic E-state index is -0.0703. The van der Waals surface area contributed by atoms with Crippen molar-refractivity contribution in [3.63, 3.8) is 0 Å². The summed E-state index contributed by atoms with van der Waals surface area (Å²) in [6.45, 7) is -0.0703. The number of aromatic nitrogens is 2. The maximum absolute atomic E-state index is 8.62. The summed E-state index contributed by atoms with van der Waals surface area (Å²) < 4.78 is 15.8. The summed E-state index contributed by atoms with van der Waals surface area (Å²) >= 11 is 12.5. The number of nitriles is 1. The van der Waals surface area contributed by atoms with Crippen molar-refractivity contribution >= 4 is 34.3 Å². The topological polar surface area (TPSA) is 81.2 Å². The van der Waals surface area contributed by atoms with Gasteiger partial charge in [0.25, 0.3) is 5.89 Å². The molecule has 0 bridgehead atoms. The van der Waals surface area contributed by atoms with Crippen molar-refractivity contribution in [3.8, 4) is 29.0 Å². The molecule has 0 amide bonds. The Labute approximate surface area is 165 Å². The van der Waals surface area contributed by atoms with E-state index in [1.807, 2.05) is 18.2 Å².